The lowest BCUT2D eigenvalue weighted by Gasteiger charge is -2.20. The molecule has 0 atom stereocenters. The highest BCUT2D eigenvalue weighted by molar-refractivity contribution is 5.97. The number of anilines is 1. The Balaban J connectivity index is 1.23. The molecule has 1 aliphatic rings. The highest BCUT2D eigenvalue weighted by Gasteiger charge is 2.21. The number of hydrogen-bond acceptors (Lipinski definition) is 7. The van der Waals surface area contributed by atoms with E-state index in [0.717, 1.165) is 70.2 Å². The largest absolute Gasteiger partial charge is 0.337 e. The van der Waals surface area contributed by atoms with Crippen molar-refractivity contribution in [2.75, 3.05) is 5.32 Å². The molecule has 1 amide bonds. The minimum absolute atomic E-state index is 0.0739. The summed E-state index contributed by atoms with van der Waals surface area (Å²) in [5.74, 6) is 0.790. The van der Waals surface area contributed by atoms with E-state index in [0.29, 0.717) is 17.2 Å². The average molecular weight is 516 g/mol. The number of aromatic amines is 2. The first-order chi connectivity index (χ1) is 19.2. The van der Waals surface area contributed by atoms with Crippen molar-refractivity contribution in [2.24, 2.45) is 5.92 Å². The van der Waals surface area contributed by atoms with E-state index in [1.807, 2.05) is 30.3 Å². The van der Waals surface area contributed by atoms with Crippen LogP contribution in [0.4, 0.5) is 5.69 Å². The van der Waals surface area contributed by atoms with Crippen LogP contribution in [-0.4, -0.2) is 46.0 Å². The van der Waals surface area contributed by atoms with Gasteiger partial charge in [-0.3, -0.25) is 24.8 Å². The zero-order chi connectivity index (χ0) is 26.2. The maximum absolute atomic E-state index is 12.8. The van der Waals surface area contributed by atoms with Crippen LogP contribution in [0.2, 0.25) is 0 Å². The summed E-state index contributed by atoms with van der Waals surface area (Å²) >= 11 is 0. The van der Waals surface area contributed by atoms with Crippen molar-refractivity contribution in [1.29, 1.82) is 0 Å². The Morgan fingerprint density at radius 3 is 2.59 bits per heavy atom. The Kier molecular flexibility index (Phi) is 5.77. The second-order valence-electron chi connectivity index (χ2n) is 9.86. The van der Waals surface area contributed by atoms with Gasteiger partial charge in [0.25, 0.3) is 0 Å². The number of amides is 1. The number of carbonyl (C=O) groups excluding carboxylic acids is 1. The summed E-state index contributed by atoms with van der Waals surface area (Å²) in [6.07, 6.45) is 15.8. The lowest BCUT2D eigenvalue weighted by molar-refractivity contribution is -0.120. The fourth-order valence-corrected chi connectivity index (χ4v) is 5.29. The van der Waals surface area contributed by atoms with Crippen LogP contribution >= 0.6 is 0 Å². The number of hydrogen-bond donors (Lipinski definition) is 3. The quantitative estimate of drug-likeness (QED) is 0.274. The van der Waals surface area contributed by atoms with Gasteiger partial charge < -0.3 is 10.3 Å². The second-order valence-corrected chi connectivity index (χ2v) is 9.86. The normalized spacial score (nSPS) is 14.2. The summed E-state index contributed by atoms with van der Waals surface area (Å²) in [6, 6.07) is 9.68. The van der Waals surface area contributed by atoms with Crippen molar-refractivity contribution in [3.8, 4) is 33.9 Å². The molecule has 1 aliphatic carbocycles. The molecule has 0 radical (unpaired) electrons. The maximum Gasteiger partial charge on any atom is 0.227 e. The molecule has 0 aliphatic heterocycles. The van der Waals surface area contributed by atoms with Gasteiger partial charge in [-0.25, -0.2) is 9.97 Å². The number of rotatable bonds is 5. The highest BCUT2D eigenvalue weighted by atomic mass is 16.1. The summed E-state index contributed by atoms with van der Waals surface area (Å²) < 4.78 is 0. The lowest BCUT2D eigenvalue weighted by atomic mass is 9.88. The van der Waals surface area contributed by atoms with E-state index >= 15 is 0 Å². The topological polar surface area (TPSA) is 138 Å². The van der Waals surface area contributed by atoms with Gasteiger partial charge in [-0.05, 0) is 43.2 Å². The molecule has 7 rings (SSSR count). The maximum atomic E-state index is 12.8. The zero-order valence-electron chi connectivity index (χ0n) is 21.1. The minimum atomic E-state index is 0.0739. The van der Waals surface area contributed by atoms with E-state index in [4.69, 9.17) is 4.98 Å². The van der Waals surface area contributed by atoms with Crippen LogP contribution in [0.15, 0.2) is 67.5 Å². The second kappa shape index (κ2) is 9.71. The third-order valence-electron chi connectivity index (χ3n) is 7.32. The van der Waals surface area contributed by atoms with Gasteiger partial charge in [0, 0.05) is 53.6 Å². The molecule has 0 saturated heterocycles. The monoisotopic (exact) mass is 515 g/mol. The Morgan fingerprint density at radius 1 is 0.872 bits per heavy atom. The summed E-state index contributed by atoms with van der Waals surface area (Å²) in [6.45, 7) is 0. The third kappa shape index (κ3) is 4.39. The molecular formula is C29H25N9O. The first kappa shape index (κ1) is 23.2. The van der Waals surface area contributed by atoms with Crippen LogP contribution in [0.1, 0.15) is 32.1 Å². The molecule has 3 N–H and O–H groups in total. The number of H-pyrrole nitrogens is 2. The summed E-state index contributed by atoms with van der Waals surface area (Å²) in [5, 5.41) is 11.4. The lowest BCUT2D eigenvalue weighted by Crippen LogP contribution is -2.24. The molecule has 6 heterocycles. The van der Waals surface area contributed by atoms with E-state index in [1.165, 1.54) is 6.42 Å². The number of nitrogens with one attached hydrogen (secondary N) is 3. The first-order valence-corrected chi connectivity index (χ1v) is 13.1. The number of aromatic nitrogens is 8. The van der Waals surface area contributed by atoms with Gasteiger partial charge in [0.05, 0.1) is 28.5 Å². The highest BCUT2D eigenvalue weighted by Crippen LogP contribution is 2.32. The Bertz CT molecular complexity index is 1800. The van der Waals surface area contributed by atoms with Crippen molar-refractivity contribution >= 4 is 33.7 Å². The number of pyridine rings is 4. The van der Waals surface area contributed by atoms with Crippen molar-refractivity contribution < 1.29 is 4.79 Å². The molecule has 0 spiro atoms. The van der Waals surface area contributed by atoms with E-state index in [1.54, 1.807) is 37.2 Å². The standard InChI is InChI=1S/C29H25N9O/c39-29(18-4-2-1-3-5-18)34-21-12-19(14-31-16-21)20-13-22-25(37-38-27(22)33-15-20)28-35-23-8-11-32-24(26(23)36-28)17-6-9-30-10-7-17/h6-16,18H,1-5H2,(H,34,39)(H,35,36)(H,33,37,38). The average Bonchev–Trinajstić information content (AvgIpc) is 3.62. The first-order valence-electron chi connectivity index (χ1n) is 13.1. The van der Waals surface area contributed by atoms with Gasteiger partial charge in [-0.15, -0.1) is 0 Å². The summed E-state index contributed by atoms with van der Waals surface area (Å²) in [7, 11) is 0. The van der Waals surface area contributed by atoms with E-state index in [9.17, 15) is 4.79 Å². The molecule has 192 valence electrons. The SMILES string of the molecule is O=C(Nc1cncc(-c2cnc3n[nH]c(-c4nc5c(-c6ccncc6)nccc5[nH]4)c3c2)c1)C1CCCCC1. The van der Waals surface area contributed by atoms with Gasteiger partial charge in [0.2, 0.25) is 5.91 Å². The predicted molar refractivity (Wildman–Crippen MR) is 148 cm³/mol. The number of nitrogens with zero attached hydrogens (tertiary/aromatic N) is 6. The Morgan fingerprint density at radius 2 is 1.72 bits per heavy atom. The molecular weight excluding hydrogens is 490 g/mol. The van der Waals surface area contributed by atoms with Gasteiger partial charge in [-0.2, -0.15) is 5.10 Å². The minimum Gasteiger partial charge on any atom is -0.337 e. The molecule has 1 saturated carbocycles. The van der Waals surface area contributed by atoms with Gasteiger partial charge in [-0.1, -0.05) is 19.3 Å². The molecule has 6 aromatic heterocycles. The molecule has 10 nitrogen and oxygen atoms in total. The van der Waals surface area contributed by atoms with Gasteiger partial charge >= 0.3 is 0 Å². The van der Waals surface area contributed by atoms with Crippen LogP contribution in [0.5, 0.6) is 0 Å². The van der Waals surface area contributed by atoms with Crippen LogP contribution in [0, 0.1) is 5.92 Å². The predicted octanol–water partition coefficient (Wildman–Crippen LogP) is 5.54. The summed E-state index contributed by atoms with van der Waals surface area (Å²) in [5.41, 5.74) is 7.05. The van der Waals surface area contributed by atoms with Crippen LogP contribution in [0.25, 0.3) is 56.0 Å². The van der Waals surface area contributed by atoms with Crippen LogP contribution in [0.3, 0.4) is 0 Å². The molecule has 0 unspecified atom stereocenters. The van der Waals surface area contributed by atoms with E-state index in [-0.39, 0.29) is 11.8 Å². The van der Waals surface area contributed by atoms with Crippen molar-refractivity contribution in [1.82, 2.24) is 40.1 Å². The molecule has 39 heavy (non-hydrogen) atoms. The molecule has 10 heteroatoms. The number of carbonyl (C=O) groups is 1. The zero-order valence-corrected chi connectivity index (χ0v) is 21.1. The van der Waals surface area contributed by atoms with Crippen LogP contribution < -0.4 is 5.32 Å². The number of fused-ring (bicyclic) bond motifs is 2. The van der Waals surface area contributed by atoms with Crippen molar-refractivity contribution in [3.05, 3.63) is 67.5 Å². The van der Waals surface area contributed by atoms with Crippen LogP contribution in [-0.2, 0) is 4.79 Å². The molecule has 0 bridgehead atoms. The third-order valence-corrected chi connectivity index (χ3v) is 7.32. The van der Waals surface area contributed by atoms with Gasteiger partial charge in [0.1, 0.15) is 11.2 Å². The molecule has 6 aromatic rings. The Labute approximate surface area is 223 Å². The molecule has 0 aromatic carbocycles. The van der Waals surface area contributed by atoms with Crippen molar-refractivity contribution in [3.63, 3.8) is 0 Å². The van der Waals surface area contributed by atoms with E-state index in [2.05, 4.69) is 40.4 Å². The smallest absolute Gasteiger partial charge is 0.227 e. The van der Waals surface area contributed by atoms with E-state index < -0.39 is 0 Å². The number of imidazole rings is 1. The van der Waals surface area contributed by atoms with Gasteiger partial charge in [0.15, 0.2) is 11.5 Å². The fourth-order valence-electron chi connectivity index (χ4n) is 5.29. The molecule has 1 fully saturated rings. The summed E-state index contributed by atoms with van der Waals surface area (Å²) in [4.78, 5) is 38.6. The Hall–Kier alpha value is -4.99. The fraction of sp³-hybridized carbons (Fsp3) is 0.207. The van der Waals surface area contributed by atoms with Crippen molar-refractivity contribution in [2.45, 2.75) is 32.1 Å².